The van der Waals surface area contributed by atoms with Gasteiger partial charge in [-0.2, -0.15) is 17.5 Å². The fourth-order valence-electron chi connectivity index (χ4n) is 3.87. The van der Waals surface area contributed by atoms with Crippen molar-refractivity contribution in [3.63, 3.8) is 0 Å². The summed E-state index contributed by atoms with van der Waals surface area (Å²) in [5.41, 5.74) is 0.261. The minimum absolute atomic E-state index is 0.0900. The smallest absolute Gasteiger partial charge is 0.296 e. The van der Waals surface area contributed by atoms with E-state index in [2.05, 4.69) is 9.88 Å². The molecule has 0 radical (unpaired) electrons. The van der Waals surface area contributed by atoms with Gasteiger partial charge in [0.25, 0.3) is 0 Å². The second-order valence-electron chi connectivity index (χ2n) is 6.95. The summed E-state index contributed by atoms with van der Waals surface area (Å²) in [6.07, 6.45) is -0.251. The number of hydrogen-bond acceptors (Lipinski definition) is 4. The molecule has 1 aromatic heterocycles. The number of fused-ring (bicyclic) bond motifs is 2. The molecule has 144 valence electrons. The lowest BCUT2D eigenvalue weighted by molar-refractivity contribution is -0.137. The summed E-state index contributed by atoms with van der Waals surface area (Å²) >= 11 is 0. The van der Waals surface area contributed by atoms with E-state index in [4.69, 9.17) is 0 Å². The largest absolute Gasteiger partial charge is 0.416 e. The van der Waals surface area contributed by atoms with Gasteiger partial charge in [-0.05, 0) is 48.4 Å². The Morgan fingerprint density at radius 1 is 1.00 bits per heavy atom. The third-order valence-electron chi connectivity index (χ3n) is 5.11. The summed E-state index contributed by atoms with van der Waals surface area (Å²) in [6.45, 7) is 1.95. The first-order valence-corrected chi connectivity index (χ1v) is 10.0. The number of piperazine rings is 1. The van der Waals surface area contributed by atoms with E-state index in [9.17, 15) is 21.6 Å². The summed E-state index contributed by atoms with van der Waals surface area (Å²) in [6, 6.07) is 7.29. The van der Waals surface area contributed by atoms with E-state index in [1.165, 1.54) is 4.31 Å². The van der Waals surface area contributed by atoms with Crippen molar-refractivity contribution in [1.82, 2.24) is 14.2 Å². The van der Waals surface area contributed by atoms with Gasteiger partial charge in [-0.25, -0.2) is 8.42 Å². The van der Waals surface area contributed by atoms with Gasteiger partial charge in [0, 0.05) is 44.1 Å². The van der Waals surface area contributed by atoms with Gasteiger partial charge >= 0.3 is 6.18 Å². The maximum Gasteiger partial charge on any atom is 0.416 e. The molecule has 0 saturated carbocycles. The average Bonchev–Trinajstić information content (AvgIpc) is 2.61. The van der Waals surface area contributed by atoms with Gasteiger partial charge in [-0.1, -0.05) is 0 Å². The molecule has 0 amide bonds. The second kappa shape index (κ2) is 6.57. The number of pyridine rings is 1. The van der Waals surface area contributed by atoms with Crippen molar-refractivity contribution in [3.8, 4) is 0 Å². The molecule has 0 spiro atoms. The normalized spacial score (nSPS) is 23.8. The lowest BCUT2D eigenvalue weighted by Crippen LogP contribution is -2.69. The summed E-state index contributed by atoms with van der Waals surface area (Å²) in [5, 5.41) is 0. The number of halogens is 3. The van der Waals surface area contributed by atoms with Crippen molar-refractivity contribution in [1.29, 1.82) is 0 Å². The Bertz CT molecular complexity index is 905. The summed E-state index contributed by atoms with van der Waals surface area (Å²) in [4.78, 5) is 6.10. The van der Waals surface area contributed by atoms with Crippen molar-refractivity contribution < 1.29 is 21.6 Å². The Hall–Kier alpha value is -1.97. The van der Waals surface area contributed by atoms with E-state index in [0.717, 1.165) is 42.8 Å². The van der Waals surface area contributed by atoms with Crippen LogP contribution in [0.4, 0.5) is 13.2 Å². The summed E-state index contributed by atoms with van der Waals surface area (Å²) < 4.78 is 65.3. The second-order valence-corrected chi connectivity index (χ2v) is 8.79. The molecule has 2 bridgehead atoms. The highest BCUT2D eigenvalue weighted by Crippen LogP contribution is 2.38. The van der Waals surface area contributed by atoms with Crippen LogP contribution in [0.2, 0.25) is 0 Å². The number of piperidine rings is 1. The molecule has 3 aliphatic rings. The van der Waals surface area contributed by atoms with Crippen molar-refractivity contribution >= 4 is 10.0 Å². The van der Waals surface area contributed by atoms with Crippen LogP contribution in [0.15, 0.2) is 53.7 Å². The Balaban J connectivity index is 1.47. The maximum atomic E-state index is 12.9. The number of aromatic nitrogens is 1. The lowest BCUT2D eigenvalue weighted by atomic mass is 9.91. The number of hydrogen-bond donors (Lipinski definition) is 0. The highest BCUT2D eigenvalue weighted by molar-refractivity contribution is 7.89. The zero-order valence-electron chi connectivity index (χ0n) is 14.3. The minimum atomic E-state index is -4.48. The van der Waals surface area contributed by atoms with Crippen molar-refractivity contribution in [2.75, 3.05) is 13.1 Å². The SMILES string of the molecule is O=S(=O)(c1ccc(C(F)(F)F)cc1)N1C2CC1CN(Cc1ccncc1)C2. The topological polar surface area (TPSA) is 53.5 Å². The summed E-state index contributed by atoms with van der Waals surface area (Å²) in [5.74, 6) is 0. The van der Waals surface area contributed by atoms with Crippen LogP contribution < -0.4 is 0 Å². The molecule has 3 saturated heterocycles. The first-order valence-electron chi connectivity index (χ1n) is 8.57. The molecule has 2 aromatic rings. The molecule has 9 heteroatoms. The highest BCUT2D eigenvalue weighted by atomic mass is 32.2. The van der Waals surface area contributed by atoms with Crippen LogP contribution in [0.3, 0.4) is 0 Å². The van der Waals surface area contributed by atoms with Crippen LogP contribution >= 0.6 is 0 Å². The monoisotopic (exact) mass is 397 g/mol. The molecule has 2 atom stereocenters. The van der Waals surface area contributed by atoms with Crippen LogP contribution in [0.5, 0.6) is 0 Å². The molecule has 1 aromatic carbocycles. The number of alkyl halides is 3. The predicted octanol–water partition coefficient (Wildman–Crippen LogP) is 2.75. The molecule has 3 fully saturated rings. The Kier molecular flexibility index (Phi) is 4.48. The molecule has 4 heterocycles. The summed E-state index contributed by atoms with van der Waals surface area (Å²) in [7, 11) is -3.79. The molecule has 3 aliphatic heterocycles. The molecular weight excluding hydrogens is 379 g/mol. The van der Waals surface area contributed by atoms with Gasteiger partial charge in [0.15, 0.2) is 0 Å². The molecule has 0 aliphatic carbocycles. The van der Waals surface area contributed by atoms with Gasteiger partial charge in [0.2, 0.25) is 10.0 Å². The first-order chi connectivity index (χ1) is 12.7. The zero-order valence-corrected chi connectivity index (χ0v) is 15.1. The van der Waals surface area contributed by atoms with Crippen LogP contribution in [0.25, 0.3) is 0 Å². The fourth-order valence-corrected chi connectivity index (χ4v) is 5.68. The quantitative estimate of drug-likeness (QED) is 0.796. The van der Waals surface area contributed by atoms with Crippen LogP contribution in [-0.2, 0) is 22.7 Å². The van der Waals surface area contributed by atoms with Gasteiger partial charge in [0.1, 0.15) is 0 Å². The Labute approximate surface area is 155 Å². The number of nitrogens with zero attached hydrogens (tertiary/aromatic N) is 3. The molecule has 5 rings (SSSR count). The Morgan fingerprint density at radius 3 is 2.15 bits per heavy atom. The first kappa shape index (κ1) is 18.4. The van der Waals surface area contributed by atoms with Gasteiger partial charge in [-0.3, -0.25) is 9.88 Å². The van der Waals surface area contributed by atoms with Gasteiger partial charge < -0.3 is 0 Å². The molecule has 5 nitrogen and oxygen atoms in total. The van der Waals surface area contributed by atoms with E-state index in [1.807, 2.05) is 12.1 Å². The molecule has 27 heavy (non-hydrogen) atoms. The predicted molar refractivity (Wildman–Crippen MR) is 92.2 cm³/mol. The average molecular weight is 397 g/mol. The van der Waals surface area contributed by atoms with Crippen LogP contribution in [0, 0.1) is 0 Å². The molecule has 2 unspecified atom stereocenters. The zero-order chi connectivity index (χ0) is 19.2. The third-order valence-corrected chi connectivity index (χ3v) is 7.13. The molecule has 0 N–H and O–H groups in total. The van der Waals surface area contributed by atoms with Crippen molar-refractivity contribution in [2.24, 2.45) is 0 Å². The fraction of sp³-hybridized carbons (Fsp3) is 0.389. The number of benzene rings is 1. The van der Waals surface area contributed by atoms with Crippen molar-refractivity contribution in [2.45, 2.75) is 36.1 Å². The van der Waals surface area contributed by atoms with Crippen LogP contribution in [0.1, 0.15) is 17.5 Å². The van der Waals surface area contributed by atoms with E-state index in [-0.39, 0.29) is 17.0 Å². The minimum Gasteiger partial charge on any atom is -0.296 e. The van der Waals surface area contributed by atoms with E-state index >= 15 is 0 Å². The van der Waals surface area contributed by atoms with E-state index in [1.54, 1.807) is 12.4 Å². The Morgan fingerprint density at radius 2 is 1.59 bits per heavy atom. The van der Waals surface area contributed by atoms with Crippen molar-refractivity contribution in [3.05, 3.63) is 59.9 Å². The number of sulfonamides is 1. The third kappa shape index (κ3) is 3.46. The highest BCUT2D eigenvalue weighted by Gasteiger charge is 2.51. The van der Waals surface area contributed by atoms with Gasteiger partial charge in [-0.15, -0.1) is 0 Å². The van der Waals surface area contributed by atoms with Gasteiger partial charge in [0.05, 0.1) is 10.5 Å². The lowest BCUT2D eigenvalue weighted by Gasteiger charge is -2.55. The van der Waals surface area contributed by atoms with Crippen LogP contribution in [-0.4, -0.2) is 47.8 Å². The maximum absolute atomic E-state index is 12.9. The van der Waals surface area contributed by atoms with E-state index < -0.39 is 21.8 Å². The standard InChI is InChI=1S/C18H18F3N3O2S/c19-18(20,21)14-1-3-17(4-2-14)27(25,26)24-15-9-16(24)12-23(11-15)10-13-5-7-22-8-6-13/h1-8,15-16H,9-12H2. The van der Waals surface area contributed by atoms with E-state index in [0.29, 0.717) is 13.1 Å². The molecular formula is C18H18F3N3O2S. The number of rotatable bonds is 4.